The van der Waals surface area contributed by atoms with Crippen molar-refractivity contribution in [2.75, 3.05) is 0 Å². The largest absolute Gasteiger partial charge is 0.204 e. The normalized spacial score (nSPS) is 11.6. The summed E-state index contributed by atoms with van der Waals surface area (Å²) in [6.45, 7) is 0. The highest BCUT2D eigenvalue weighted by atomic mass is 32.3. The summed E-state index contributed by atoms with van der Waals surface area (Å²) in [7, 11) is 0. The van der Waals surface area contributed by atoms with E-state index < -0.39 is 88.4 Å². The maximum absolute atomic E-state index is 14.1. The summed E-state index contributed by atoms with van der Waals surface area (Å²) in [5.41, 5.74) is 0. The van der Waals surface area contributed by atoms with E-state index in [-0.39, 0.29) is 53.5 Å². The average Bonchev–Trinajstić information content (AvgIpc) is 2.77. The molecule has 0 N–H and O–H groups in total. The molecule has 0 saturated heterocycles. The minimum Gasteiger partial charge on any atom is -0.204 e. The summed E-state index contributed by atoms with van der Waals surface area (Å²) in [5.74, 6) is -23.8. The van der Waals surface area contributed by atoms with Gasteiger partial charge in [-0.2, -0.15) is 0 Å². The highest BCUT2D eigenvalue weighted by Gasteiger charge is 2.31. The van der Waals surface area contributed by atoms with Gasteiger partial charge in [0, 0.05) is 18.2 Å². The van der Waals surface area contributed by atoms with Gasteiger partial charge in [0.15, 0.2) is 69.8 Å². The Bertz CT molecular complexity index is 1050. The fourth-order valence-electron chi connectivity index (χ4n) is 2.33. The first-order valence-corrected chi connectivity index (χ1v) is 11.0. The average molecular weight is 556 g/mol. The van der Waals surface area contributed by atoms with Gasteiger partial charge in [-0.15, -0.1) is 0 Å². The molecule has 3 rings (SSSR count). The Morgan fingerprint density at radius 2 is 0.529 bits per heavy atom. The molecule has 0 aliphatic carbocycles. The molecule has 0 unspecified atom stereocenters. The van der Waals surface area contributed by atoms with Gasteiger partial charge >= 0.3 is 0 Å². The second-order valence-corrected chi connectivity index (χ2v) is 10.3. The molecule has 3 aromatic carbocycles. The van der Waals surface area contributed by atoms with E-state index in [1.54, 1.807) is 0 Å². The van der Waals surface area contributed by atoms with E-state index in [1.807, 2.05) is 0 Å². The lowest BCUT2D eigenvalue weighted by Crippen LogP contribution is -2.05. The molecule has 3 aromatic rings. The van der Waals surface area contributed by atoms with Crippen molar-refractivity contribution >= 4 is 35.3 Å². The van der Waals surface area contributed by atoms with Gasteiger partial charge in [-0.3, -0.25) is 0 Å². The lowest BCUT2D eigenvalue weighted by atomic mass is 10.3. The molecule has 34 heavy (non-hydrogen) atoms. The Kier molecular flexibility index (Phi) is 7.97. The molecule has 0 nitrogen and oxygen atoms in total. The Balaban J connectivity index is 2.15. The molecule has 0 saturated carbocycles. The molecular formula is C19H4F12S3. The zero-order valence-corrected chi connectivity index (χ0v) is 18.0. The van der Waals surface area contributed by atoms with Crippen LogP contribution in [0.1, 0.15) is 0 Å². The zero-order valence-electron chi connectivity index (χ0n) is 15.6. The van der Waals surface area contributed by atoms with Crippen LogP contribution in [-0.4, -0.2) is 3.91 Å². The molecule has 0 spiro atoms. The Hall–Kier alpha value is -2.13. The molecule has 0 amide bonds. The van der Waals surface area contributed by atoms with Crippen molar-refractivity contribution < 1.29 is 52.7 Å². The predicted octanol–water partition coefficient (Wildman–Crippen LogP) is 8.32. The van der Waals surface area contributed by atoms with Crippen LogP contribution in [0, 0.1) is 69.8 Å². The molecule has 0 radical (unpaired) electrons. The van der Waals surface area contributed by atoms with E-state index in [9.17, 15) is 52.7 Å². The van der Waals surface area contributed by atoms with Crippen molar-refractivity contribution in [2.24, 2.45) is 0 Å². The van der Waals surface area contributed by atoms with Crippen molar-refractivity contribution in [1.29, 1.82) is 0 Å². The van der Waals surface area contributed by atoms with E-state index in [0.29, 0.717) is 0 Å². The van der Waals surface area contributed by atoms with Crippen LogP contribution in [0.25, 0.3) is 0 Å². The molecule has 182 valence electrons. The third kappa shape index (κ3) is 5.10. The van der Waals surface area contributed by atoms with Gasteiger partial charge in [-0.1, -0.05) is 35.3 Å². The van der Waals surface area contributed by atoms with Crippen LogP contribution in [0.3, 0.4) is 0 Å². The Labute approximate surface area is 194 Å². The first-order chi connectivity index (χ1) is 15.8. The van der Waals surface area contributed by atoms with Crippen molar-refractivity contribution in [1.82, 2.24) is 0 Å². The molecular weight excluding hydrogens is 552 g/mol. The Morgan fingerprint density at radius 3 is 0.706 bits per heavy atom. The summed E-state index contributed by atoms with van der Waals surface area (Å²) in [4.78, 5) is -4.51. The van der Waals surface area contributed by atoms with E-state index in [2.05, 4.69) is 0 Å². The third-order valence-corrected chi connectivity index (χ3v) is 7.95. The molecule has 0 atom stereocenters. The summed E-state index contributed by atoms with van der Waals surface area (Å²) in [5, 5.41) is 0. The lowest BCUT2D eigenvalue weighted by Gasteiger charge is -2.19. The third-order valence-electron chi connectivity index (χ3n) is 3.86. The van der Waals surface area contributed by atoms with Crippen LogP contribution in [0.4, 0.5) is 52.7 Å². The van der Waals surface area contributed by atoms with Gasteiger partial charge in [-0.25, -0.2) is 52.7 Å². The summed E-state index contributed by atoms with van der Waals surface area (Å²) < 4.78 is 164. The van der Waals surface area contributed by atoms with Crippen LogP contribution in [0.5, 0.6) is 0 Å². The number of hydrogen-bond donors (Lipinski definition) is 0. The predicted molar refractivity (Wildman–Crippen MR) is 100 cm³/mol. The van der Waals surface area contributed by atoms with E-state index in [4.69, 9.17) is 0 Å². The van der Waals surface area contributed by atoms with Crippen molar-refractivity contribution in [3.63, 3.8) is 0 Å². The number of benzene rings is 3. The van der Waals surface area contributed by atoms with Crippen LogP contribution < -0.4 is 0 Å². The van der Waals surface area contributed by atoms with E-state index in [0.717, 1.165) is 0 Å². The van der Waals surface area contributed by atoms with Crippen LogP contribution in [0.15, 0.2) is 32.9 Å². The number of halogens is 12. The first kappa shape index (κ1) is 26.5. The minimum atomic E-state index is -2.12. The highest BCUT2D eigenvalue weighted by molar-refractivity contribution is 8.32. The van der Waals surface area contributed by atoms with Crippen molar-refractivity contribution in [3.05, 3.63) is 88.0 Å². The first-order valence-electron chi connectivity index (χ1n) is 8.32. The van der Waals surface area contributed by atoms with Crippen LogP contribution >= 0.6 is 35.3 Å². The number of rotatable bonds is 6. The molecule has 0 heterocycles. The van der Waals surface area contributed by atoms with Gasteiger partial charge < -0.3 is 0 Å². The topological polar surface area (TPSA) is 0 Å². The molecule has 0 fully saturated rings. The fraction of sp³-hybridized carbons (Fsp3) is 0.0526. The summed E-state index contributed by atoms with van der Waals surface area (Å²) >= 11 is -1.03. The van der Waals surface area contributed by atoms with Crippen molar-refractivity contribution in [3.8, 4) is 0 Å². The molecule has 0 bridgehead atoms. The van der Waals surface area contributed by atoms with Crippen LogP contribution in [-0.2, 0) is 0 Å². The standard InChI is InChI=1S/C19H4F12S3/c20-4-1-5(21)11(27)16(10(4)26)32-19(33-17-12(28)6(22)2-7(23)13(17)29)34-18-14(30)8(24)3-9(25)15(18)31/h1-3,19H. The van der Waals surface area contributed by atoms with Gasteiger partial charge in [0.1, 0.15) is 3.91 Å². The highest BCUT2D eigenvalue weighted by Crippen LogP contribution is 2.49. The Morgan fingerprint density at radius 1 is 0.353 bits per heavy atom. The molecule has 0 aliphatic rings. The van der Waals surface area contributed by atoms with Gasteiger partial charge in [-0.05, 0) is 0 Å². The van der Waals surface area contributed by atoms with E-state index in [1.165, 1.54) is 0 Å². The van der Waals surface area contributed by atoms with Crippen LogP contribution in [0.2, 0.25) is 0 Å². The quantitative estimate of drug-likeness (QED) is 0.130. The molecule has 15 heteroatoms. The van der Waals surface area contributed by atoms with E-state index >= 15 is 0 Å². The van der Waals surface area contributed by atoms with Gasteiger partial charge in [0.2, 0.25) is 0 Å². The fourth-order valence-corrected chi connectivity index (χ4v) is 6.42. The van der Waals surface area contributed by atoms with Crippen molar-refractivity contribution in [2.45, 2.75) is 18.6 Å². The number of hydrogen-bond acceptors (Lipinski definition) is 3. The maximum Gasteiger partial charge on any atom is 0.175 e. The summed E-state index contributed by atoms with van der Waals surface area (Å²) in [6, 6.07) is -0.564. The lowest BCUT2D eigenvalue weighted by molar-refractivity contribution is 0.425. The summed E-state index contributed by atoms with van der Waals surface area (Å²) in [6.07, 6.45) is 0. The SMILES string of the molecule is Fc1cc(F)c(F)c(SC(Sc2c(F)c(F)cc(F)c2F)Sc2c(F)c(F)cc(F)c2F)c1F. The molecule has 0 aromatic heterocycles. The second-order valence-electron chi connectivity index (χ2n) is 6.03. The minimum absolute atomic E-state index is 0.188. The van der Waals surface area contributed by atoms with Gasteiger partial charge in [0.05, 0.1) is 14.7 Å². The maximum atomic E-state index is 14.1. The second kappa shape index (κ2) is 10.2. The smallest absolute Gasteiger partial charge is 0.175 e. The zero-order chi connectivity index (χ0) is 25.5. The van der Waals surface area contributed by atoms with Gasteiger partial charge in [0.25, 0.3) is 0 Å². The molecule has 0 aliphatic heterocycles. The number of thioether (sulfide) groups is 3. The monoisotopic (exact) mass is 556 g/mol.